The van der Waals surface area contributed by atoms with E-state index in [0.29, 0.717) is 19.4 Å². The van der Waals surface area contributed by atoms with Gasteiger partial charge in [0.05, 0.1) is 6.61 Å². The van der Waals surface area contributed by atoms with Crippen molar-refractivity contribution in [1.29, 1.82) is 0 Å². The van der Waals surface area contributed by atoms with Gasteiger partial charge in [-0.3, -0.25) is 9.59 Å². The Hall–Kier alpha value is -2.04. The zero-order valence-corrected chi connectivity index (χ0v) is 14.7. The number of nitrogens with one attached hydrogen (secondary N) is 1. The van der Waals surface area contributed by atoms with E-state index in [1.165, 1.54) is 0 Å². The molecule has 2 amide bonds. The summed E-state index contributed by atoms with van der Waals surface area (Å²) in [5.41, 5.74) is 0. The second-order valence-electron chi connectivity index (χ2n) is 6.59. The van der Waals surface area contributed by atoms with E-state index in [4.69, 9.17) is 4.74 Å². The first-order valence-corrected chi connectivity index (χ1v) is 8.82. The minimum absolute atomic E-state index is 0.0424. The van der Waals surface area contributed by atoms with Crippen LogP contribution in [0, 0.1) is 5.92 Å². The van der Waals surface area contributed by atoms with Crippen LogP contribution in [0.4, 0.5) is 0 Å². The number of ether oxygens (including phenoxy) is 1. The lowest BCUT2D eigenvalue weighted by Crippen LogP contribution is -2.47. The quantitative estimate of drug-likeness (QED) is 0.781. The summed E-state index contributed by atoms with van der Waals surface area (Å²) in [6.07, 6.45) is 2.85. The molecule has 1 fully saturated rings. The van der Waals surface area contributed by atoms with Gasteiger partial charge in [0, 0.05) is 31.5 Å². The van der Waals surface area contributed by atoms with Crippen molar-refractivity contribution in [3.05, 3.63) is 30.3 Å². The normalized spacial score (nSPS) is 15.4. The van der Waals surface area contributed by atoms with E-state index in [-0.39, 0.29) is 23.8 Å². The highest BCUT2D eigenvalue weighted by molar-refractivity contribution is 5.78. The highest BCUT2D eigenvalue weighted by Gasteiger charge is 2.24. The van der Waals surface area contributed by atoms with Gasteiger partial charge in [-0.05, 0) is 31.4 Å². The number of carbonyl (C=O) groups excluding carboxylic acids is 2. The van der Waals surface area contributed by atoms with Crippen molar-refractivity contribution >= 4 is 11.8 Å². The van der Waals surface area contributed by atoms with Crippen LogP contribution < -0.4 is 10.1 Å². The van der Waals surface area contributed by atoms with Crippen LogP contribution in [-0.4, -0.2) is 42.5 Å². The van der Waals surface area contributed by atoms with Crippen LogP contribution >= 0.6 is 0 Å². The third kappa shape index (κ3) is 5.87. The second-order valence-corrected chi connectivity index (χ2v) is 6.59. The number of benzene rings is 1. The van der Waals surface area contributed by atoms with Crippen LogP contribution in [0.2, 0.25) is 0 Å². The average Bonchev–Trinajstić information content (AvgIpc) is 2.59. The molecule has 0 aromatic heterocycles. The Morgan fingerprint density at radius 2 is 1.88 bits per heavy atom. The van der Waals surface area contributed by atoms with Crippen LogP contribution in [0.25, 0.3) is 0 Å². The van der Waals surface area contributed by atoms with Gasteiger partial charge in [-0.15, -0.1) is 0 Å². The van der Waals surface area contributed by atoms with E-state index in [9.17, 15) is 9.59 Å². The number of carbonyl (C=O) groups is 2. The molecule has 5 heteroatoms. The summed E-state index contributed by atoms with van der Waals surface area (Å²) in [5, 5.41) is 3.07. The Bertz CT molecular complexity index is 523. The van der Waals surface area contributed by atoms with Crippen LogP contribution in [0.5, 0.6) is 5.75 Å². The summed E-state index contributed by atoms with van der Waals surface area (Å²) < 4.78 is 5.59. The Morgan fingerprint density at radius 3 is 2.50 bits per heavy atom. The molecule has 5 nitrogen and oxygen atoms in total. The lowest BCUT2D eigenvalue weighted by molar-refractivity contribution is -0.135. The molecular weight excluding hydrogens is 304 g/mol. The van der Waals surface area contributed by atoms with E-state index in [1.807, 2.05) is 49.1 Å². The van der Waals surface area contributed by atoms with Crippen LogP contribution in [0.15, 0.2) is 30.3 Å². The fourth-order valence-corrected chi connectivity index (χ4v) is 2.85. The molecule has 24 heavy (non-hydrogen) atoms. The van der Waals surface area contributed by atoms with E-state index >= 15 is 0 Å². The standard InChI is InChI=1S/C19H28N2O3/c1-15(2)19(23)21-12-10-16(11-13-21)20-18(22)9-6-14-24-17-7-4-3-5-8-17/h3-5,7-8,15-16H,6,9-14H2,1-2H3,(H,20,22). The highest BCUT2D eigenvalue weighted by atomic mass is 16.5. The molecule has 1 heterocycles. The first-order chi connectivity index (χ1) is 11.6. The summed E-state index contributed by atoms with van der Waals surface area (Å²) in [6.45, 7) is 5.86. The van der Waals surface area contributed by atoms with Crippen molar-refractivity contribution in [2.24, 2.45) is 5.92 Å². The van der Waals surface area contributed by atoms with Gasteiger partial charge in [-0.1, -0.05) is 32.0 Å². The summed E-state index contributed by atoms with van der Waals surface area (Å²) in [6, 6.07) is 9.80. The summed E-state index contributed by atoms with van der Waals surface area (Å²) in [5.74, 6) is 1.15. The SMILES string of the molecule is CC(C)C(=O)N1CCC(NC(=O)CCCOc2ccccc2)CC1. The van der Waals surface area contributed by atoms with Gasteiger partial charge in [0.15, 0.2) is 0 Å². The number of nitrogens with zero attached hydrogens (tertiary/aromatic N) is 1. The minimum Gasteiger partial charge on any atom is -0.494 e. The summed E-state index contributed by atoms with van der Waals surface area (Å²) in [7, 11) is 0. The van der Waals surface area contributed by atoms with Gasteiger partial charge in [0.25, 0.3) is 0 Å². The monoisotopic (exact) mass is 332 g/mol. The maximum Gasteiger partial charge on any atom is 0.225 e. The van der Waals surface area contributed by atoms with Crippen molar-refractivity contribution in [2.75, 3.05) is 19.7 Å². The third-order valence-corrected chi connectivity index (χ3v) is 4.23. The summed E-state index contributed by atoms with van der Waals surface area (Å²) >= 11 is 0. The van der Waals surface area contributed by atoms with E-state index in [2.05, 4.69) is 5.32 Å². The van der Waals surface area contributed by atoms with Gasteiger partial charge >= 0.3 is 0 Å². The molecule has 2 rings (SSSR count). The largest absolute Gasteiger partial charge is 0.494 e. The van der Waals surface area contributed by atoms with E-state index < -0.39 is 0 Å². The third-order valence-electron chi connectivity index (χ3n) is 4.23. The highest BCUT2D eigenvalue weighted by Crippen LogP contribution is 2.14. The molecule has 1 N–H and O–H groups in total. The first-order valence-electron chi connectivity index (χ1n) is 8.82. The van der Waals surface area contributed by atoms with Gasteiger partial charge in [-0.25, -0.2) is 0 Å². The van der Waals surface area contributed by atoms with Crippen LogP contribution in [0.1, 0.15) is 39.5 Å². The van der Waals surface area contributed by atoms with Crippen molar-refractivity contribution in [1.82, 2.24) is 10.2 Å². The molecule has 1 aromatic rings. The van der Waals surface area contributed by atoms with E-state index in [0.717, 1.165) is 31.7 Å². The summed E-state index contributed by atoms with van der Waals surface area (Å²) in [4.78, 5) is 25.8. The molecule has 0 atom stereocenters. The van der Waals surface area contributed by atoms with E-state index in [1.54, 1.807) is 0 Å². The van der Waals surface area contributed by atoms with Gasteiger partial charge in [0.2, 0.25) is 11.8 Å². The molecule has 0 spiro atoms. The second kappa shape index (κ2) is 9.30. The van der Waals surface area contributed by atoms with Crippen molar-refractivity contribution in [2.45, 2.75) is 45.6 Å². The number of likely N-dealkylation sites (tertiary alicyclic amines) is 1. The van der Waals surface area contributed by atoms with Gasteiger partial charge in [-0.2, -0.15) is 0 Å². The molecular formula is C19H28N2O3. The predicted molar refractivity (Wildman–Crippen MR) is 93.8 cm³/mol. The number of hydrogen-bond acceptors (Lipinski definition) is 3. The Kier molecular flexibility index (Phi) is 7.09. The maximum absolute atomic E-state index is 12.0. The lowest BCUT2D eigenvalue weighted by Gasteiger charge is -2.33. The number of piperidine rings is 1. The molecule has 1 aromatic carbocycles. The molecule has 1 aliphatic rings. The zero-order chi connectivity index (χ0) is 17.4. The zero-order valence-electron chi connectivity index (χ0n) is 14.7. The molecule has 0 aliphatic carbocycles. The smallest absolute Gasteiger partial charge is 0.225 e. The number of para-hydroxylation sites is 1. The number of hydrogen-bond donors (Lipinski definition) is 1. The van der Waals surface area contributed by atoms with Crippen LogP contribution in [0.3, 0.4) is 0 Å². The fourth-order valence-electron chi connectivity index (χ4n) is 2.85. The first kappa shape index (κ1) is 18.3. The Balaban J connectivity index is 1.59. The van der Waals surface area contributed by atoms with Crippen molar-refractivity contribution in [3.8, 4) is 5.75 Å². The average molecular weight is 332 g/mol. The molecule has 132 valence electrons. The molecule has 0 radical (unpaired) electrons. The molecule has 0 unspecified atom stereocenters. The molecule has 1 aliphatic heterocycles. The fraction of sp³-hybridized carbons (Fsp3) is 0.579. The number of rotatable bonds is 7. The van der Waals surface area contributed by atoms with Gasteiger partial charge < -0.3 is 15.0 Å². The van der Waals surface area contributed by atoms with Crippen molar-refractivity contribution < 1.29 is 14.3 Å². The lowest BCUT2D eigenvalue weighted by atomic mass is 10.0. The minimum atomic E-state index is 0.0424. The molecule has 0 bridgehead atoms. The van der Waals surface area contributed by atoms with Gasteiger partial charge in [0.1, 0.15) is 5.75 Å². The Labute approximate surface area is 144 Å². The van der Waals surface area contributed by atoms with Crippen molar-refractivity contribution in [3.63, 3.8) is 0 Å². The topological polar surface area (TPSA) is 58.6 Å². The number of amides is 2. The Morgan fingerprint density at radius 1 is 1.21 bits per heavy atom. The predicted octanol–water partition coefficient (Wildman–Crippen LogP) is 2.61. The van der Waals surface area contributed by atoms with Crippen LogP contribution in [-0.2, 0) is 9.59 Å². The molecule has 1 saturated heterocycles. The molecule has 0 saturated carbocycles. The maximum atomic E-state index is 12.0.